The molecule has 0 aliphatic heterocycles. The Morgan fingerprint density at radius 2 is 1.27 bits per heavy atom. The second-order valence-electron chi connectivity index (χ2n) is 2.51. The van der Waals surface area contributed by atoms with Crippen LogP contribution in [0.1, 0.15) is 40.5 Å². The van der Waals surface area contributed by atoms with Crippen LogP contribution in [0.25, 0.3) is 0 Å². The van der Waals surface area contributed by atoms with Crippen molar-refractivity contribution in [2.45, 2.75) is 40.5 Å². The Balaban J connectivity index is 0. The number of rotatable bonds is 3. The number of ether oxygens (including phenoxy) is 1. The predicted molar refractivity (Wildman–Crippen MR) is 51.3 cm³/mol. The van der Waals surface area contributed by atoms with Crippen LogP contribution in [0.2, 0.25) is 0 Å². The Labute approximate surface area is 70.8 Å². The van der Waals surface area contributed by atoms with Crippen molar-refractivity contribution in [3.63, 3.8) is 0 Å². The maximum absolute atomic E-state index is 4.86. The van der Waals surface area contributed by atoms with Crippen LogP contribution < -0.4 is 0 Å². The molecule has 66 valence electrons. The van der Waals surface area contributed by atoms with Gasteiger partial charge in [-0.25, -0.2) is 0 Å². The van der Waals surface area contributed by atoms with E-state index < -0.39 is 0 Å². The highest BCUT2D eigenvalue weighted by molar-refractivity contribution is 4.85. The zero-order valence-corrected chi connectivity index (χ0v) is 8.24. The van der Waals surface area contributed by atoms with Crippen molar-refractivity contribution in [3.8, 4) is 0 Å². The highest BCUT2D eigenvalue weighted by Gasteiger charge is 1.80. The van der Waals surface area contributed by atoms with Gasteiger partial charge >= 0.3 is 0 Å². The highest BCUT2D eigenvalue weighted by Crippen LogP contribution is 1.97. The van der Waals surface area contributed by atoms with Gasteiger partial charge in [0.25, 0.3) is 0 Å². The van der Waals surface area contributed by atoms with E-state index in [0.29, 0.717) is 11.5 Å². The molecule has 0 radical (unpaired) electrons. The van der Waals surface area contributed by atoms with Gasteiger partial charge in [0.2, 0.25) is 0 Å². The smallest absolute Gasteiger partial charge is 0.0933 e. The first kappa shape index (κ1) is 12.9. The molecule has 1 nitrogen and oxygen atoms in total. The van der Waals surface area contributed by atoms with Crippen LogP contribution in [-0.4, -0.2) is 0 Å². The molecule has 0 atom stereocenters. The fourth-order valence-corrected chi connectivity index (χ4v) is 0.297. The van der Waals surface area contributed by atoms with Gasteiger partial charge in [-0.1, -0.05) is 39.8 Å². The number of hydrogen-bond acceptors (Lipinski definition) is 1. The minimum Gasteiger partial charge on any atom is -0.468 e. The first-order valence-electron chi connectivity index (χ1n) is 4.03. The molecule has 0 aromatic rings. The fraction of sp³-hybridized carbons (Fsp3) is 0.600. The predicted octanol–water partition coefficient (Wildman–Crippen LogP) is 3.88. The zero-order valence-electron chi connectivity index (χ0n) is 8.24. The van der Waals surface area contributed by atoms with E-state index in [9.17, 15) is 0 Å². The molecule has 0 aliphatic carbocycles. The lowest BCUT2D eigenvalue weighted by Gasteiger charge is -1.99. The van der Waals surface area contributed by atoms with E-state index >= 15 is 0 Å². The first-order valence-corrected chi connectivity index (χ1v) is 4.03. The summed E-state index contributed by atoms with van der Waals surface area (Å²) in [6.45, 7) is 15.0. The molecule has 11 heavy (non-hydrogen) atoms. The molecule has 0 N–H and O–H groups in total. The lowest BCUT2D eigenvalue weighted by Crippen LogP contribution is -1.78. The van der Waals surface area contributed by atoms with Crippen LogP contribution >= 0.6 is 0 Å². The molecule has 0 aromatic carbocycles. The van der Waals surface area contributed by atoms with E-state index in [4.69, 9.17) is 4.74 Å². The van der Waals surface area contributed by atoms with Gasteiger partial charge in [0.1, 0.15) is 0 Å². The van der Waals surface area contributed by atoms with E-state index in [1.165, 1.54) is 12.8 Å². The van der Waals surface area contributed by atoms with Crippen molar-refractivity contribution in [1.82, 2.24) is 0 Å². The van der Waals surface area contributed by atoms with Crippen molar-refractivity contribution < 1.29 is 4.74 Å². The summed E-state index contributed by atoms with van der Waals surface area (Å²) < 4.78 is 4.86. The molecule has 0 heterocycles. The third-order valence-electron chi connectivity index (χ3n) is 0.848. The van der Waals surface area contributed by atoms with Crippen molar-refractivity contribution in [3.05, 3.63) is 24.7 Å². The van der Waals surface area contributed by atoms with Gasteiger partial charge in [-0.05, 0) is 13.8 Å². The Bertz CT molecular complexity index is 100. The van der Waals surface area contributed by atoms with Crippen LogP contribution in [0, 0.1) is 0 Å². The standard InChI is InChI=1S/C6H10O.C4H10/c1-5(2)7-6(3)4;1-3-4-2/h1,3H2,2,4H3;3-4H2,1-2H3. The fourth-order valence-electron chi connectivity index (χ4n) is 0.297. The van der Waals surface area contributed by atoms with Crippen LogP contribution in [0.15, 0.2) is 24.7 Å². The summed E-state index contributed by atoms with van der Waals surface area (Å²) in [5.74, 6) is 1.38. The molecule has 0 bridgehead atoms. The second-order valence-corrected chi connectivity index (χ2v) is 2.51. The zero-order chi connectivity index (χ0) is 9.28. The molecule has 0 unspecified atom stereocenters. The highest BCUT2D eigenvalue weighted by atomic mass is 16.5. The summed E-state index contributed by atoms with van der Waals surface area (Å²) in [6, 6.07) is 0. The second kappa shape index (κ2) is 9.28. The lowest BCUT2D eigenvalue weighted by atomic mass is 10.4. The van der Waals surface area contributed by atoms with Gasteiger partial charge in [0.15, 0.2) is 0 Å². The van der Waals surface area contributed by atoms with Gasteiger partial charge in [-0.3, -0.25) is 0 Å². The number of unbranched alkanes of at least 4 members (excludes halogenated alkanes) is 1. The Morgan fingerprint density at radius 3 is 1.27 bits per heavy atom. The summed E-state index contributed by atoms with van der Waals surface area (Å²) in [4.78, 5) is 0. The SMILES string of the molecule is C=C(C)OC(=C)C.CCCC. The maximum atomic E-state index is 4.86. The average molecular weight is 156 g/mol. The summed E-state index contributed by atoms with van der Waals surface area (Å²) in [5, 5.41) is 0. The third kappa shape index (κ3) is 26.8. The van der Waals surface area contributed by atoms with Gasteiger partial charge in [0, 0.05) is 0 Å². The maximum Gasteiger partial charge on any atom is 0.0933 e. The van der Waals surface area contributed by atoms with Crippen LogP contribution in [0.4, 0.5) is 0 Å². The van der Waals surface area contributed by atoms with Crippen LogP contribution in [0.5, 0.6) is 0 Å². The summed E-state index contributed by atoms with van der Waals surface area (Å²) in [7, 11) is 0. The van der Waals surface area contributed by atoms with Gasteiger partial charge in [-0.2, -0.15) is 0 Å². The summed E-state index contributed by atoms with van der Waals surface area (Å²) in [6.07, 6.45) is 2.64. The van der Waals surface area contributed by atoms with Crippen molar-refractivity contribution in [2.75, 3.05) is 0 Å². The van der Waals surface area contributed by atoms with Crippen LogP contribution in [0.3, 0.4) is 0 Å². The Kier molecular flexibility index (Phi) is 10.9. The lowest BCUT2D eigenvalue weighted by molar-refractivity contribution is 0.313. The minimum atomic E-state index is 0.688. The van der Waals surface area contributed by atoms with Gasteiger partial charge in [0.05, 0.1) is 11.5 Å². The Hall–Kier alpha value is -0.720. The molecule has 0 amide bonds. The monoisotopic (exact) mass is 156 g/mol. The largest absolute Gasteiger partial charge is 0.468 e. The molecule has 1 heteroatoms. The van der Waals surface area contributed by atoms with E-state index in [1.807, 2.05) is 0 Å². The molecular weight excluding hydrogens is 136 g/mol. The number of hydrogen-bond donors (Lipinski definition) is 0. The van der Waals surface area contributed by atoms with E-state index in [0.717, 1.165) is 0 Å². The molecule has 0 saturated heterocycles. The third-order valence-corrected chi connectivity index (χ3v) is 0.848. The van der Waals surface area contributed by atoms with Crippen LogP contribution in [-0.2, 0) is 4.74 Å². The van der Waals surface area contributed by atoms with Crippen molar-refractivity contribution in [2.24, 2.45) is 0 Å². The topological polar surface area (TPSA) is 9.23 Å². The molecule has 0 fully saturated rings. The van der Waals surface area contributed by atoms with Gasteiger partial charge in [-0.15, -0.1) is 0 Å². The molecule has 0 spiro atoms. The van der Waals surface area contributed by atoms with E-state index in [2.05, 4.69) is 27.0 Å². The summed E-state index contributed by atoms with van der Waals surface area (Å²) in [5.41, 5.74) is 0. The van der Waals surface area contributed by atoms with Crippen molar-refractivity contribution in [1.29, 1.82) is 0 Å². The minimum absolute atomic E-state index is 0.688. The Morgan fingerprint density at radius 1 is 1.00 bits per heavy atom. The quantitative estimate of drug-likeness (QED) is 0.563. The van der Waals surface area contributed by atoms with E-state index in [1.54, 1.807) is 13.8 Å². The van der Waals surface area contributed by atoms with Crippen molar-refractivity contribution >= 4 is 0 Å². The first-order chi connectivity index (χ1) is 5.04. The molecule has 0 saturated carbocycles. The normalized spacial score (nSPS) is 7.64. The summed E-state index contributed by atoms with van der Waals surface area (Å²) >= 11 is 0. The number of allylic oxidation sites excluding steroid dienone is 2. The molecule has 0 aromatic heterocycles. The van der Waals surface area contributed by atoms with Gasteiger partial charge < -0.3 is 4.74 Å². The average Bonchev–Trinajstić information content (AvgIpc) is 1.85. The molecular formula is C10H20O. The molecule has 0 rings (SSSR count). The molecule has 0 aliphatic rings. The van der Waals surface area contributed by atoms with E-state index in [-0.39, 0.29) is 0 Å².